The molecule has 0 spiro atoms. The Labute approximate surface area is 195 Å². The highest BCUT2D eigenvalue weighted by Crippen LogP contribution is 2.22. The van der Waals surface area contributed by atoms with Crippen molar-refractivity contribution in [3.8, 4) is 5.75 Å². The van der Waals surface area contributed by atoms with Crippen LogP contribution in [-0.4, -0.2) is 60.8 Å². The van der Waals surface area contributed by atoms with Gasteiger partial charge in [-0.3, -0.25) is 9.59 Å². The van der Waals surface area contributed by atoms with Gasteiger partial charge in [-0.15, -0.1) is 0 Å². The van der Waals surface area contributed by atoms with Gasteiger partial charge in [-0.25, -0.2) is 0 Å². The van der Waals surface area contributed by atoms with Crippen LogP contribution in [0.2, 0.25) is 0 Å². The molecule has 0 bridgehead atoms. The van der Waals surface area contributed by atoms with Gasteiger partial charge in [0.2, 0.25) is 5.91 Å². The highest BCUT2D eigenvalue weighted by atomic mass is 16.5. The number of primary amides is 1. The van der Waals surface area contributed by atoms with Crippen molar-refractivity contribution in [2.75, 3.05) is 32.8 Å². The second kappa shape index (κ2) is 13.0. The number of piperidine rings is 1. The number of ether oxygens (including phenoxy) is 2. The minimum absolute atomic E-state index is 0.0477. The average molecular weight is 455 g/mol. The lowest BCUT2D eigenvalue weighted by atomic mass is 9.96. The first-order valence-electron chi connectivity index (χ1n) is 11.6. The van der Waals surface area contributed by atoms with E-state index in [1.165, 1.54) is 5.56 Å². The quantitative estimate of drug-likeness (QED) is 0.483. The summed E-state index contributed by atoms with van der Waals surface area (Å²) in [5.74, 6) is -0.365. The van der Waals surface area contributed by atoms with E-state index in [1.807, 2.05) is 36.4 Å². The molecule has 7 heteroatoms. The molecule has 0 saturated carbocycles. The third kappa shape index (κ3) is 8.51. The van der Waals surface area contributed by atoms with Crippen LogP contribution in [0.25, 0.3) is 0 Å². The molecule has 0 aromatic heterocycles. The number of nitrogens with zero attached hydrogens (tertiary/aromatic N) is 1. The van der Waals surface area contributed by atoms with Gasteiger partial charge >= 0.3 is 5.97 Å². The van der Waals surface area contributed by atoms with Gasteiger partial charge in [0.25, 0.3) is 0 Å². The molecule has 2 aromatic rings. The maximum Gasteiger partial charge on any atom is 0.305 e. The molecule has 1 heterocycles. The standard InChI is InChI=1S/C26H34N2O5/c27-26(31)22-12-15-28(16-13-22)18-23(32-17-14-25(29)30)19-33-24-9-5-4-8-21(24)11-10-20-6-2-1-3-7-20/h1-9,22-23H,10-19H2,(H2,27,31)(H,29,30). The molecule has 1 amide bonds. The van der Waals surface area contributed by atoms with Crippen LogP contribution in [0, 0.1) is 5.92 Å². The van der Waals surface area contributed by atoms with Crippen molar-refractivity contribution in [2.45, 2.75) is 38.2 Å². The number of aryl methyl sites for hydroxylation is 2. The molecule has 3 rings (SSSR count). The largest absolute Gasteiger partial charge is 0.491 e. The lowest BCUT2D eigenvalue weighted by Crippen LogP contribution is -2.44. The zero-order valence-electron chi connectivity index (χ0n) is 19.0. The lowest BCUT2D eigenvalue weighted by molar-refractivity contribution is -0.139. The number of benzene rings is 2. The van der Waals surface area contributed by atoms with Gasteiger partial charge in [0, 0.05) is 12.5 Å². The number of hydrogen-bond donors (Lipinski definition) is 2. The number of carboxylic acid groups (broad SMARTS) is 1. The second-order valence-electron chi connectivity index (χ2n) is 8.52. The lowest BCUT2D eigenvalue weighted by Gasteiger charge is -2.33. The maximum absolute atomic E-state index is 11.4. The highest BCUT2D eigenvalue weighted by molar-refractivity contribution is 5.76. The van der Waals surface area contributed by atoms with Gasteiger partial charge in [-0.05, 0) is 56.0 Å². The fraction of sp³-hybridized carbons (Fsp3) is 0.462. The van der Waals surface area contributed by atoms with Crippen LogP contribution < -0.4 is 10.5 Å². The van der Waals surface area contributed by atoms with Crippen molar-refractivity contribution in [1.82, 2.24) is 4.90 Å². The Bertz CT molecular complexity index is 881. The first-order chi connectivity index (χ1) is 16.0. The molecule has 1 fully saturated rings. The fourth-order valence-corrected chi connectivity index (χ4v) is 4.11. The molecule has 1 saturated heterocycles. The van der Waals surface area contributed by atoms with E-state index in [4.69, 9.17) is 20.3 Å². The smallest absolute Gasteiger partial charge is 0.305 e. The van der Waals surface area contributed by atoms with Crippen molar-refractivity contribution >= 4 is 11.9 Å². The number of aliphatic carboxylic acids is 1. The van der Waals surface area contributed by atoms with Crippen LogP contribution in [0.1, 0.15) is 30.4 Å². The van der Waals surface area contributed by atoms with Gasteiger partial charge < -0.3 is 25.2 Å². The first kappa shape index (κ1) is 24.7. The number of amides is 1. The molecule has 3 N–H and O–H groups in total. The Balaban J connectivity index is 1.56. The van der Waals surface area contributed by atoms with Crippen LogP contribution in [0.15, 0.2) is 54.6 Å². The fourth-order valence-electron chi connectivity index (χ4n) is 4.11. The Morgan fingerprint density at radius 1 is 1.03 bits per heavy atom. The number of rotatable bonds is 13. The summed E-state index contributed by atoms with van der Waals surface area (Å²) in [5.41, 5.74) is 7.85. The molecule has 1 aliphatic rings. The van der Waals surface area contributed by atoms with Gasteiger partial charge in [0.15, 0.2) is 0 Å². The summed E-state index contributed by atoms with van der Waals surface area (Å²) in [4.78, 5) is 24.6. The minimum atomic E-state index is -0.886. The summed E-state index contributed by atoms with van der Waals surface area (Å²) in [7, 11) is 0. The highest BCUT2D eigenvalue weighted by Gasteiger charge is 2.25. The summed E-state index contributed by atoms with van der Waals surface area (Å²) >= 11 is 0. The minimum Gasteiger partial charge on any atom is -0.491 e. The average Bonchev–Trinajstić information content (AvgIpc) is 2.82. The predicted octanol–water partition coefficient (Wildman–Crippen LogP) is 2.91. The molecule has 7 nitrogen and oxygen atoms in total. The number of para-hydroxylation sites is 1. The summed E-state index contributed by atoms with van der Waals surface area (Å²) in [6.07, 6.45) is 2.95. The van der Waals surface area contributed by atoms with E-state index in [-0.39, 0.29) is 31.0 Å². The van der Waals surface area contributed by atoms with Gasteiger partial charge in [-0.2, -0.15) is 0 Å². The molecular formula is C26H34N2O5. The zero-order valence-corrected chi connectivity index (χ0v) is 19.0. The summed E-state index contributed by atoms with van der Waals surface area (Å²) < 4.78 is 12.1. The summed E-state index contributed by atoms with van der Waals surface area (Å²) in [6.45, 7) is 2.62. The van der Waals surface area contributed by atoms with Crippen molar-refractivity contribution in [1.29, 1.82) is 0 Å². The predicted molar refractivity (Wildman–Crippen MR) is 126 cm³/mol. The monoisotopic (exact) mass is 454 g/mol. The molecule has 33 heavy (non-hydrogen) atoms. The van der Waals surface area contributed by atoms with Crippen molar-refractivity contribution in [3.05, 3.63) is 65.7 Å². The van der Waals surface area contributed by atoms with Gasteiger partial charge in [0.1, 0.15) is 18.5 Å². The van der Waals surface area contributed by atoms with Crippen LogP contribution in [-0.2, 0) is 27.2 Å². The molecular weight excluding hydrogens is 420 g/mol. The van der Waals surface area contributed by atoms with Gasteiger partial charge in [0.05, 0.1) is 13.0 Å². The summed E-state index contributed by atoms with van der Waals surface area (Å²) in [6, 6.07) is 18.4. The van der Waals surface area contributed by atoms with E-state index in [0.717, 1.165) is 50.1 Å². The number of hydrogen-bond acceptors (Lipinski definition) is 5. The van der Waals surface area contributed by atoms with E-state index in [1.54, 1.807) is 0 Å². The Morgan fingerprint density at radius 2 is 1.73 bits per heavy atom. The zero-order chi connectivity index (χ0) is 23.5. The van der Waals surface area contributed by atoms with E-state index in [9.17, 15) is 9.59 Å². The van der Waals surface area contributed by atoms with Crippen LogP contribution in [0.5, 0.6) is 5.75 Å². The first-order valence-corrected chi connectivity index (χ1v) is 11.6. The van der Waals surface area contributed by atoms with E-state index in [0.29, 0.717) is 13.2 Å². The topological polar surface area (TPSA) is 102 Å². The van der Waals surface area contributed by atoms with Crippen molar-refractivity contribution in [3.63, 3.8) is 0 Å². The van der Waals surface area contributed by atoms with Gasteiger partial charge in [-0.1, -0.05) is 48.5 Å². The number of nitrogens with two attached hydrogens (primary N) is 1. The number of likely N-dealkylation sites (tertiary alicyclic amines) is 1. The van der Waals surface area contributed by atoms with Crippen LogP contribution in [0.3, 0.4) is 0 Å². The van der Waals surface area contributed by atoms with Crippen LogP contribution in [0.4, 0.5) is 0 Å². The number of carbonyl (C=O) groups is 2. The Morgan fingerprint density at radius 3 is 2.42 bits per heavy atom. The number of carboxylic acids is 1. The van der Waals surface area contributed by atoms with Crippen molar-refractivity contribution in [2.24, 2.45) is 11.7 Å². The Hall–Kier alpha value is -2.90. The maximum atomic E-state index is 11.4. The normalized spacial score (nSPS) is 15.8. The third-order valence-corrected chi connectivity index (χ3v) is 6.04. The molecule has 1 aliphatic heterocycles. The molecule has 1 unspecified atom stereocenters. The van der Waals surface area contributed by atoms with E-state index in [2.05, 4.69) is 23.1 Å². The van der Waals surface area contributed by atoms with E-state index < -0.39 is 5.97 Å². The molecule has 178 valence electrons. The molecule has 0 aliphatic carbocycles. The molecule has 2 aromatic carbocycles. The third-order valence-electron chi connectivity index (χ3n) is 6.04. The summed E-state index contributed by atoms with van der Waals surface area (Å²) in [5, 5.41) is 8.96. The van der Waals surface area contributed by atoms with Crippen LogP contribution >= 0.6 is 0 Å². The van der Waals surface area contributed by atoms with E-state index >= 15 is 0 Å². The second-order valence-corrected chi connectivity index (χ2v) is 8.52. The SMILES string of the molecule is NC(=O)C1CCN(CC(COc2ccccc2CCc2ccccc2)OCCC(=O)O)CC1. The Kier molecular flexibility index (Phi) is 9.72. The molecule has 1 atom stereocenters. The van der Waals surface area contributed by atoms with Crippen molar-refractivity contribution < 1.29 is 24.2 Å². The molecule has 0 radical (unpaired) electrons. The number of carbonyl (C=O) groups excluding carboxylic acids is 1.